The van der Waals surface area contributed by atoms with Gasteiger partial charge in [0.25, 0.3) is 0 Å². The van der Waals surface area contributed by atoms with Crippen LogP contribution < -0.4 is 5.32 Å². The highest BCUT2D eigenvalue weighted by atomic mass is 15.3. The second kappa shape index (κ2) is 9.24. The first-order chi connectivity index (χ1) is 13.5. The van der Waals surface area contributed by atoms with Gasteiger partial charge < -0.3 is 15.1 Å². The lowest BCUT2D eigenvalue weighted by molar-refractivity contribution is 0.305. The smallest absolute Gasteiger partial charge is 0.194 e. The van der Waals surface area contributed by atoms with E-state index < -0.39 is 0 Å². The molecule has 6 nitrogen and oxygen atoms in total. The molecule has 0 saturated carbocycles. The number of likely N-dealkylation sites (tertiary alicyclic amines) is 1. The van der Waals surface area contributed by atoms with Gasteiger partial charge in [-0.3, -0.25) is 9.67 Å². The van der Waals surface area contributed by atoms with Crippen molar-refractivity contribution in [3.05, 3.63) is 53.3 Å². The van der Waals surface area contributed by atoms with Crippen molar-refractivity contribution >= 4 is 5.96 Å². The van der Waals surface area contributed by atoms with E-state index in [-0.39, 0.29) is 6.04 Å². The zero-order chi connectivity index (χ0) is 20.1. The number of guanidine groups is 1. The van der Waals surface area contributed by atoms with Gasteiger partial charge in [0.05, 0.1) is 18.8 Å². The van der Waals surface area contributed by atoms with Crippen LogP contribution in [-0.2, 0) is 7.05 Å². The Morgan fingerprint density at radius 3 is 2.68 bits per heavy atom. The summed E-state index contributed by atoms with van der Waals surface area (Å²) in [7, 11) is 6.23. The number of likely N-dealkylation sites (N-methyl/N-ethyl adjacent to an activating group) is 1. The molecule has 2 atom stereocenters. The Bertz CT molecular complexity index is 777. The average molecular weight is 383 g/mol. The summed E-state index contributed by atoms with van der Waals surface area (Å²) in [6.45, 7) is 7.91. The SMILES string of the molecule is CCNC(=NCC(c1ccc(C)cc1)N(C)C)N1CCC(c2cnn(C)c2)C1. The fourth-order valence-electron chi connectivity index (χ4n) is 3.83. The molecule has 152 valence electrons. The Morgan fingerprint density at radius 2 is 2.07 bits per heavy atom. The van der Waals surface area contributed by atoms with Crippen molar-refractivity contribution in [1.29, 1.82) is 0 Å². The summed E-state index contributed by atoms with van der Waals surface area (Å²) in [5.41, 5.74) is 3.92. The molecule has 1 fully saturated rings. The van der Waals surface area contributed by atoms with Gasteiger partial charge in [0.1, 0.15) is 0 Å². The average Bonchev–Trinajstić information content (AvgIpc) is 3.31. The van der Waals surface area contributed by atoms with Crippen molar-refractivity contribution < 1.29 is 0 Å². The maximum atomic E-state index is 5.02. The van der Waals surface area contributed by atoms with Crippen LogP contribution in [0.3, 0.4) is 0 Å². The van der Waals surface area contributed by atoms with E-state index in [4.69, 9.17) is 4.99 Å². The Balaban J connectivity index is 1.71. The molecule has 0 spiro atoms. The summed E-state index contributed by atoms with van der Waals surface area (Å²) < 4.78 is 1.89. The molecule has 3 rings (SSSR count). The van der Waals surface area contributed by atoms with Gasteiger partial charge in [0, 0.05) is 38.8 Å². The van der Waals surface area contributed by atoms with Crippen LogP contribution in [0.2, 0.25) is 0 Å². The standard InChI is InChI=1S/C22H34N6/c1-6-23-22(28-12-11-19(16-28)20-13-25-27(5)15-20)24-14-21(26(3)4)18-9-7-17(2)8-10-18/h7-10,13,15,19,21H,6,11-12,14,16H2,1-5H3,(H,23,24). The largest absolute Gasteiger partial charge is 0.357 e. The number of benzene rings is 1. The van der Waals surface area contributed by atoms with Crippen LogP contribution in [-0.4, -0.2) is 65.8 Å². The summed E-state index contributed by atoms with van der Waals surface area (Å²) in [5, 5.41) is 7.83. The topological polar surface area (TPSA) is 48.7 Å². The predicted molar refractivity (Wildman–Crippen MR) is 116 cm³/mol. The fraction of sp³-hybridized carbons (Fsp3) is 0.545. The molecule has 1 saturated heterocycles. The van der Waals surface area contributed by atoms with Crippen molar-refractivity contribution in [3.8, 4) is 0 Å². The fourth-order valence-corrected chi connectivity index (χ4v) is 3.83. The Labute approximate surface area is 169 Å². The van der Waals surface area contributed by atoms with E-state index in [2.05, 4.69) is 78.6 Å². The first kappa shape index (κ1) is 20.4. The molecule has 0 radical (unpaired) electrons. The van der Waals surface area contributed by atoms with Gasteiger partial charge >= 0.3 is 0 Å². The van der Waals surface area contributed by atoms with Gasteiger partial charge in [0.2, 0.25) is 0 Å². The normalized spacial score (nSPS) is 18.7. The van der Waals surface area contributed by atoms with E-state index in [1.54, 1.807) is 0 Å². The highest BCUT2D eigenvalue weighted by Crippen LogP contribution is 2.27. The van der Waals surface area contributed by atoms with E-state index >= 15 is 0 Å². The minimum Gasteiger partial charge on any atom is -0.357 e. The van der Waals surface area contributed by atoms with Crippen molar-refractivity contribution in [2.75, 3.05) is 40.3 Å². The van der Waals surface area contributed by atoms with E-state index in [1.165, 1.54) is 16.7 Å². The van der Waals surface area contributed by atoms with Gasteiger partial charge in [-0.05, 0) is 45.5 Å². The summed E-state index contributed by atoms with van der Waals surface area (Å²) in [5.74, 6) is 1.55. The first-order valence-corrected chi connectivity index (χ1v) is 10.2. The lowest BCUT2D eigenvalue weighted by atomic mass is 10.0. The second-order valence-corrected chi connectivity index (χ2v) is 7.96. The molecule has 1 aliphatic rings. The molecule has 6 heteroatoms. The van der Waals surface area contributed by atoms with E-state index in [0.29, 0.717) is 5.92 Å². The lowest BCUT2D eigenvalue weighted by Crippen LogP contribution is -2.40. The molecular formula is C22H34N6. The van der Waals surface area contributed by atoms with Crippen LogP contribution in [0.1, 0.15) is 42.0 Å². The Hall–Kier alpha value is -2.34. The van der Waals surface area contributed by atoms with E-state index in [0.717, 1.165) is 38.6 Å². The zero-order valence-corrected chi connectivity index (χ0v) is 17.9. The Morgan fingerprint density at radius 1 is 1.32 bits per heavy atom. The van der Waals surface area contributed by atoms with Gasteiger partial charge in [-0.15, -0.1) is 0 Å². The predicted octanol–water partition coefficient (Wildman–Crippen LogP) is 2.79. The number of hydrogen-bond acceptors (Lipinski definition) is 3. The van der Waals surface area contributed by atoms with Crippen LogP contribution >= 0.6 is 0 Å². The quantitative estimate of drug-likeness (QED) is 0.617. The maximum absolute atomic E-state index is 5.02. The van der Waals surface area contributed by atoms with Crippen LogP contribution in [0.25, 0.3) is 0 Å². The van der Waals surface area contributed by atoms with Crippen molar-refractivity contribution in [2.45, 2.75) is 32.2 Å². The van der Waals surface area contributed by atoms with Crippen LogP contribution in [0.15, 0.2) is 41.7 Å². The van der Waals surface area contributed by atoms with Crippen LogP contribution in [0.5, 0.6) is 0 Å². The monoisotopic (exact) mass is 382 g/mol. The molecule has 2 unspecified atom stereocenters. The molecule has 0 bridgehead atoms. The van der Waals surface area contributed by atoms with E-state index in [9.17, 15) is 0 Å². The third-order valence-electron chi connectivity index (χ3n) is 5.52. The number of rotatable bonds is 6. The minimum absolute atomic E-state index is 0.269. The van der Waals surface area contributed by atoms with Gasteiger partial charge in [-0.2, -0.15) is 5.10 Å². The third kappa shape index (κ3) is 4.93. The van der Waals surface area contributed by atoms with Crippen molar-refractivity contribution in [2.24, 2.45) is 12.0 Å². The summed E-state index contributed by atoms with van der Waals surface area (Å²) in [6.07, 6.45) is 5.28. The molecule has 1 aromatic heterocycles. The van der Waals surface area contributed by atoms with Crippen LogP contribution in [0, 0.1) is 6.92 Å². The minimum atomic E-state index is 0.269. The molecule has 0 aliphatic carbocycles. The number of nitrogens with one attached hydrogen (secondary N) is 1. The molecule has 2 aromatic rings. The van der Waals surface area contributed by atoms with Crippen molar-refractivity contribution in [1.82, 2.24) is 24.9 Å². The number of aliphatic imine (C=N–C) groups is 1. The number of nitrogens with zero attached hydrogens (tertiary/aromatic N) is 5. The molecular weight excluding hydrogens is 348 g/mol. The highest BCUT2D eigenvalue weighted by Gasteiger charge is 2.27. The summed E-state index contributed by atoms with van der Waals surface area (Å²) in [4.78, 5) is 9.66. The Kier molecular flexibility index (Phi) is 6.73. The first-order valence-electron chi connectivity index (χ1n) is 10.2. The number of aromatic nitrogens is 2. The van der Waals surface area contributed by atoms with E-state index in [1.807, 2.05) is 17.9 Å². The molecule has 0 amide bonds. The maximum Gasteiger partial charge on any atom is 0.194 e. The molecule has 1 aromatic carbocycles. The number of hydrogen-bond donors (Lipinski definition) is 1. The third-order valence-corrected chi connectivity index (χ3v) is 5.52. The lowest BCUT2D eigenvalue weighted by Gasteiger charge is -2.26. The summed E-state index contributed by atoms with van der Waals surface area (Å²) in [6, 6.07) is 9.07. The summed E-state index contributed by atoms with van der Waals surface area (Å²) >= 11 is 0. The highest BCUT2D eigenvalue weighted by molar-refractivity contribution is 5.80. The van der Waals surface area contributed by atoms with Gasteiger partial charge in [-0.1, -0.05) is 29.8 Å². The second-order valence-electron chi connectivity index (χ2n) is 7.96. The zero-order valence-electron chi connectivity index (χ0n) is 17.9. The van der Waals surface area contributed by atoms with Gasteiger partial charge in [0.15, 0.2) is 5.96 Å². The molecule has 2 heterocycles. The van der Waals surface area contributed by atoms with Crippen molar-refractivity contribution in [3.63, 3.8) is 0 Å². The molecule has 28 heavy (non-hydrogen) atoms. The molecule has 1 N–H and O–H groups in total. The van der Waals surface area contributed by atoms with Gasteiger partial charge in [-0.25, -0.2) is 0 Å². The number of aryl methyl sites for hydroxylation is 2. The molecule has 1 aliphatic heterocycles. The van der Waals surface area contributed by atoms with Crippen LogP contribution in [0.4, 0.5) is 0 Å².